The van der Waals surface area contributed by atoms with Crippen molar-refractivity contribution in [2.45, 2.75) is 20.3 Å². The van der Waals surface area contributed by atoms with E-state index in [1.807, 2.05) is 23.8 Å². The highest BCUT2D eigenvalue weighted by Gasteiger charge is 1.95. The average molecular weight is 193 g/mol. The summed E-state index contributed by atoms with van der Waals surface area (Å²) in [5.74, 6) is 0. The molecule has 0 atom stereocenters. The van der Waals surface area contributed by atoms with Crippen molar-refractivity contribution in [2.75, 3.05) is 27.2 Å². The molecule has 0 spiro atoms. The van der Waals surface area contributed by atoms with E-state index in [1.54, 1.807) is 0 Å². The van der Waals surface area contributed by atoms with E-state index in [2.05, 4.69) is 24.8 Å². The lowest BCUT2D eigenvalue weighted by Crippen LogP contribution is -2.26. The Morgan fingerprint density at radius 1 is 1.33 bits per heavy atom. The van der Waals surface area contributed by atoms with Gasteiger partial charge in [-0.1, -0.05) is 6.92 Å². The van der Waals surface area contributed by atoms with Crippen LogP contribution in [0.15, 0.2) is 4.99 Å². The summed E-state index contributed by atoms with van der Waals surface area (Å²) < 4.78 is 1.94. The molecule has 0 aromatic rings. The van der Waals surface area contributed by atoms with Gasteiger partial charge in [-0.05, 0) is 18.3 Å². The minimum Gasteiger partial charge on any atom is -0.247 e. The highest BCUT2D eigenvalue weighted by molar-refractivity contribution is 5.85. The van der Waals surface area contributed by atoms with Crippen molar-refractivity contribution >= 4 is 18.4 Å². The zero-order valence-corrected chi connectivity index (χ0v) is 9.19. The molecule has 0 saturated carbocycles. The maximum atomic E-state index is 4.12. The second-order valence-corrected chi connectivity index (χ2v) is 2.54. The minimum absolute atomic E-state index is 0. The van der Waals surface area contributed by atoms with Gasteiger partial charge in [0.2, 0.25) is 0 Å². The van der Waals surface area contributed by atoms with Crippen LogP contribution in [0.2, 0.25) is 0 Å². The zero-order chi connectivity index (χ0) is 8.69. The summed E-state index contributed by atoms with van der Waals surface area (Å²) in [5, 5.41) is 1.97. The number of hydrazone groups is 1. The molecule has 0 unspecified atom stereocenters. The Morgan fingerprint density at radius 3 is 2.25 bits per heavy atom. The van der Waals surface area contributed by atoms with Gasteiger partial charge in [0.15, 0.2) is 0 Å². The molecule has 0 amide bonds. The lowest BCUT2D eigenvalue weighted by Gasteiger charge is -2.08. The highest BCUT2D eigenvalue weighted by Crippen LogP contribution is 1.77. The standard InChI is InChI=1S/C8H18N3.ClH/c1-5-7-9-8-11(6-2)10(3)4;/h5-7H2,1-4H3;1H/q+1;. The molecular formula is C8H19ClN3+. The average Bonchev–Trinajstić information content (AvgIpc) is 1.97. The molecule has 0 fully saturated rings. The number of hydrazine groups is 1. The van der Waals surface area contributed by atoms with Crippen molar-refractivity contribution in [3.63, 3.8) is 0 Å². The lowest BCUT2D eigenvalue weighted by molar-refractivity contribution is -0.671. The first-order chi connectivity index (χ1) is 5.22. The maximum absolute atomic E-state index is 4.12. The molecule has 0 N–H and O–H groups in total. The summed E-state index contributed by atoms with van der Waals surface area (Å²) in [4.78, 5) is 4.12. The largest absolute Gasteiger partial charge is 0.332 e. The van der Waals surface area contributed by atoms with Gasteiger partial charge in [-0.3, -0.25) is 0 Å². The van der Waals surface area contributed by atoms with Gasteiger partial charge in [0.25, 0.3) is 0 Å². The van der Waals surface area contributed by atoms with Crippen molar-refractivity contribution in [1.29, 1.82) is 0 Å². The van der Waals surface area contributed by atoms with Gasteiger partial charge >= 0.3 is 6.01 Å². The fourth-order valence-electron chi connectivity index (χ4n) is 0.686. The Balaban J connectivity index is 0. The van der Waals surface area contributed by atoms with E-state index in [1.165, 1.54) is 0 Å². The highest BCUT2D eigenvalue weighted by atomic mass is 35.5. The van der Waals surface area contributed by atoms with Crippen molar-refractivity contribution in [3.05, 3.63) is 0 Å². The Morgan fingerprint density at radius 2 is 1.92 bits per heavy atom. The van der Waals surface area contributed by atoms with Crippen LogP contribution in [0.1, 0.15) is 20.3 Å². The van der Waals surface area contributed by atoms with Crippen molar-refractivity contribution in [3.8, 4) is 0 Å². The molecule has 12 heavy (non-hydrogen) atoms. The first-order valence-corrected chi connectivity index (χ1v) is 4.09. The summed E-state index contributed by atoms with van der Waals surface area (Å²) >= 11 is 0. The monoisotopic (exact) mass is 192 g/mol. The maximum Gasteiger partial charge on any atom is 0.332 e. The second-order valence-electron chi connectivity index (χ2n) is 2.54. The van der Waals surface area contributed by atoms with Crippen LogP contribution in [0.3, 0.4) is 0 Å². The van der Waals surface area contributed by atoms with Crippen LogP contribution in [0.25, 0.3) is 0 Å². The number of aliphatic imine (C=N–C) groups is 1. The Bertz CT molecular complexity index is 160. The van der Waals surface area contributed by atoms with Crippen LogP contribution < -0.4 is 0 Å². The number of hydrogen-bond acceptors (Lipinski definition) is 2. The van der Waals surface area contributed by atoms with Gasteiger partial charge in [-0.25, -0.2) is 5.01 Å². The summed E-state index contributed by atoms with van der Waals surface area (Å²) in [6, 6.07) is 2.95. The summed E-state index contributed by atoms with van der Waals surface area (Å²) in [5.41, 5.74) is 0. The van der Waals surface area contributed by atoms with Crippen molar-refractivity contribution < 1.29 is 4.68 Å². The van der Waals surface area contributed by atoms with Crippen LogP contribution in [-0.2, 0) is 0 Å². The molecule has 0 saturated heterocycles. The number of hydrogen-bond donors (Lipinski definition) is 0. The van der Waals surface area contributed by atoms with Crippen LogP contribution >= 0.6 is 12.4 Å². The van der Waals surface area contributed by atoms with Crippen LogP contribution in [0, 0.1) is 0 Å². The molecule has 0 rings (SSSR count). The normalized spacial score (nSPS) is 8.00. The quantitative estimate of drug-likeness (QED) is 0.375. The van der Waals surface area contributed by atoms with Gasteiger partial charge in [0, 0.05) is 14.1 Å². The van der Waals surface area contributed by atoms with E-state index in [9.17, 15) is 0 Å². The van der Waals surface area contributed by atoms with Crippen molar-refractivity contribution in [1.82, 2.24) is 5.01 Å². The Kier molecular flexibility index (Phi) is 10.0. The Labute approximate surface area is 81.2 Å². The summed E-state index contributed by atoms with van der Waals surface area (Å²) in [6.07, 6.45) is 1.08. The fourth-order valence-corrected chi connectivity index (χ4v) is 0.686. The van der Waals surface area contributed by atoms with E-state index in [0.717, 1.165) is 19.5 Å². The molecule has 0 radical (unpaired) electrons. The number of rotatable bonds is 4. The molecule has 0 aliphatic heterocycles. The summed E-state index contributed by atoms with van der Waals surface area (Å²) in [7, 11) is 3.97. The first-order valence-electron chi connectivity index (χ1n) is 4.09. The van der Waals surface area contributed by atoms with E-state index >= 15 is 0 Å². The molecule has 0 bridgehead atoms. The SMILES string of the molecule is CCCN=C=[N+](CC)N(C)C.Cl. The minimum atomic E-state index is 0. The van der Waals surface area contributed by atoms with Gasteiger partial charge in [0.05, 0.1) is 0 Å². The van der Waals surface area contributed by atoms with Crippen molar-refractivity contribution in [2.24, 2.45) is 4.99 Å². The van der Waals surface area contributed by atoms with E-state index in [0.29, 0.717) is 0 Å². The third kappa shape index (κ3) is 6.20. The zero-order valence-electron chi connectivity index (χ0n) is 8.37. The van der Waals surface area contributed by atoms with Crippen LogP contribution in [0.4, 0.5) is 0 Å². The number of halogens is 1. The molecule has 72 valence electrons. The lowest BCUT2D eigenvalue weighted by atomic mass is 10.5. The van der Waals surface area contributed by atoms with Gasteiger partial charge in [0.1, 0.15) is 13.1 Å². The molecule has 3 nitrogen and oxygen atoms in total. The molecule has 0 aliphatic carbocycles. The Hall–Kier alpha value is -0.530. The summed E-state index contributed by atoms with van der Waals surface area (Å²) in [6.45, 7) is 5.97. The fraction of sp³-hybridized carbons (Fsp3) is 0.875. The van der Waals surface area contributed by atoms with Gasteiger partial charge in [-0.2, -0.15) is 0 Å². The molecular weight excluding hydrogens is 174 g/mol. The van der Waals surface area contributed by atoms with Gasteiger partial charge in [-0.15, -0.1) is 17.1 Å². The molecule has 0 aromatic carbocycles. The van der Waals surface area contributed by atoms with E-state index in [4.69, 9.17) is 0 Å². The molecule has 0 heterocycles. The third-order valence-electron chi connectivity index (χ3n) is 1.30. The first kappa shape index (κ1) is 14.0. The van der Waals surface area contributed by atoms with E-state index < -0.39 is 0 Å². The smallest absolute Gasteiger partial charge is 0.247 e. The topological polar surface area (TPSA) is 18.6 Å². The second kappa shape index (κ2) is 8.57. The molecule has 4 heteroatoms. The van der Waals surface area contributed by atoms with Crippen LogP contribution in [0.5, 0.6) is 0 Å². The third-order valence-corrected chi connectivity index (χ3v) is 1.30. The van der Waals surface area contributed by atoms with E-state index in [-0.39, 0.29) is 12.4 Å². The molecule has 0 aromatic heterocycles. The predicted octanol–water partition coefficient (Wildman–Crippen LogP) is 1.50. The van der Waals surface area contributed by atoms with Gasteiger partial charge < -0.3 is 0 Å². The predicted molar refractivity (Wildman–Crippen MR) is 54.3 cm³/mol. The molecule has 0 aliphatic rings. The van der Waals surface area contributed by atoms with Crippen LogP contribution in [-0.4, -0.2) is 42.9 Å². The number of nitrogens with zero attached hydrogens (tertiary/aromatic N) is 3.